The maximum absolute atomic E-state index is 5.66. The standard InChI is InChI=1S/C14H24N4O/c1-3-6-15-9-12-10-16-11-14(17-12)19-8-7-18(2)13-4-5-13/h10-11,13,15H,3-9H2,1-2H3. The van der Waals surface area contributed by atoms with Gasteiger partial charge in [-0.25, -0.2) is 4.98 Å². The van der Waals surface area contributed by atoms with Crippen LogP contribution >= 0.6 is 0 Å². The van der Waals surface area contributed by atoms with Crippen LogP contribution in [0.4, 0.5) is 0 Å². The summed E-state index contributed by atoms with van der Waals surface area (Å²) in [7, 11) is 2.15. The second-order valence-corrected chi connectivity index (χ2v) is 5.09. The maximum Gasteiger partial charge on any atom is 0.232 e. The van der Waals surface area contributed by atoms with Crippen molar-refractivity contribution >= 4 is 0 Å². The molecule has 106 valence electrons. The van der Waals surface area contributed by atoms with Crippen molar-refractivity contribution in [2.24, 2.45) is 0 Å². The molecule has 0 atom stereocenters. The Morgan fingerprint density at radius 1 is 1.42 bits per heavy atom. The highest BCUT2D eigenvalue weighted by Gasteiger charge is 2.25. The molecule has 0 spiro atoms. The lowest BCUT2D eigenvalue weighted by molar-refractivity contribution is 0.225. The second-order valence-electron chi connectivity index (χ2n) is 5.09. The van der Waals surface area contributed by atoms with E-state index < -0.39 is 0 Å². The Labute approximate surface area is 115 Å². The first-order valence-electron chi connectivity index (χ1n) is 7.14. The van der Waals surface area contributed by atoms with Gasteiger partial charge in [0.1, 0.15) is 6.61 Å². The molecule has 1 fully saturated rings. The van der Waals surface area contributed by atoms with Crippen LogP contribution in [0.25, 0.3) is 0 Å². The van der Waals surface area contributed by atoms with E-state index in [1.807, 2.05) is 0 Å². The van der Waals surface area contributed by atoms with E-state index in [2.05, 4.69) is 34.2 Å². The van der Waals surface area contributed by atoms with Gasteiger partial charge in [-0.2, -0.15) is 0 Å². The molecule has 0 bridgehead atoms. The molecular formula is C14H24N4O. The lowest BCUT2D eigenvalue weighted by Gasteiger charge is -2.15. The lowest BCUT2D eigenvalue weighted by Crippen LogP contribution is -2.26. The van der Waals surface area contributed by atoms with Crippen molar-refractivity contribution in [3.05, 3.63) is 18.1 Å². The van der Waals surface area contributed by atoms with Crippen LogP contribution in [-0.2, 0) is 6.54 Å². The van der Waals surface area contributed by atoms with E-state index in [1.165, 1.54) is 12.8 Å². The van der Waals surface area contributed by atoms with E-state index >= 15 is 0 Å². The van der Waals surface area contributed by atoms with E-state index in [4.69, 9.17) is 4.74 Å². The van der Waals surface area contributed by atoms with Gasteiger partial charge in [0.25, 0.3) is 0 Å². The van der Waals surface area contributed by atoms with Gasteiger partial charge in [0, 0.05) is 25.3 Å². The predicted molar refractivity (Wildman–Crippen MR) is 75.2 cm³/mol. The summed E-state index contributed by atoms with van der Waals surface area (Å²) in [5, 5.41) is 3.31. The fraction of sp³-hybridized carbons (Fsp3) is 0.714. The third kappa shape index (κ3) is 5.12. The summed E-state index contributed by atoms with van der Waals surface area (Å²) in [4.78, 5) is 11.0. The number of aromatic nitrogens is 2. The third-order valence-corrected chi connectivity index (χ3v) is 3.26. The normalized spacial score (nSPS) is 14.9. The molecule has 2 rings (SSSR count). The second kappa shape index (κ2) is 7.40. The number of nitrogens with zero attached hydrogens (tertiary/aromatic N) is 3. The first kappa shape index (κ1) is 14.2. The van der Waals surface area contributed by atoms with Crippen molar-refractivity contribution in [2.75, 3.05) is 26.7 Å². The topological polar surface area (TPSA) is 50.3 Å². The molecule has 5 heteroatoms. The molecule has 5 nitrogen and oxygen atoms in total. The quantitative estimate of drug-likeness (QED) is 0.684. The average molecular weight is 264 g/mol. The zero-order valence-electron chi connectivity index (χ0n) is 11.9. The molecule has 1 aliphatic carbocycles. The van der Waals surface area contributed by atoms with Gasteiger partial charge in [0.05, 0.1) is 11.9 Å². The molecule has 0 unspecified atom stereocenters. The Kier molecular flexibility index (Phi) is 5.54. The fourth-order valence-corrected chi connectivity index (χ4v) is 1.93. The van der Waals surface area contributed by atoms with Gasteiger partial charge in [-0.1, -0.05) is 6.92 Å². The summed E-state index contributed by atoms with van der Waals surface area (Å²) in [5.41, 5.74) is 0.932. The van der Waals surface area contributed by atoms with Crippen LogP contribution < -0.4 is 10.1 Å². The van der Waals surface area contributed by atoms with E-state index in [1.54, 1.807) is 12.4 Å². The molecule has 0 radical (unpaired) electrons. The number of ether oxygens (including phenoxy) is 1. The molecule has 1 N–H and O–H groups in total. The highest BCUT2D eigenvalue weighted by atomic mass is 16.5. The van der Waals surface area contributed by atoms with Crippen LogP contribution in [0.2, 0.25) is 0 Å². The van der Waals surface area contributed by atoms with Crippen LogP contribution in [-0.4, -0.2) is 47.7 Å². The van der Waals surface area contributed by atoms with Gasteiger partial charge in [0.15, 0.2) is 0 Å². The first-order chi connectivity index (χ1) is 9.29. The molecule has 1 saturated carbocycles. The van der Waals surface area contributed by atoms with E-state index in [9.17, 15) is 0 Å². The van der Waals surface area contributed by atoms with E-state index in [0.29, 0.717) is 12.5 Å². The smallest absolute Gasteiger partial charge is 0.232 e. The number of nitrogens with one attached hydrogen (secondary N) is 1. The molecule has 1 heterocycles. The van der Waals surface area contributed by atoms with E-state index in [-0.39, 0.29) is 0 Å². The van der Waals surface area contributed by atoms with Crippen LogP contribution in [0.3, 0.4) is 0 Å². The van der Waals surface area contributed by atoms with Crippen molar-refractivity contribution in [3.8, 4) is 5.88 Å². The van der Waals surface area contributed by atoms with Crippen LogP contribution in [0.15, 0.2) is 12.4 Å². The minimum atomic E-state index is 0.625. The number of hydrogen-bond acceptors (Lipinski definition) is 5. The molecule has 0 saturated heterocycles. The number of likely N-dealkylation sites (N-methyl/N-ethyl adjacent to an activating group) is 1. The van der Waals surface area contributed by atoms with Crippen molar-refractivity contribution in [3.63, 3.8) is 0 Å². The molecule has 0 amide bonds. The summed E-state index contributed by atoms with van der Waals surface area (Å²) in [6.07, 6.45) is 7.24. The summed E-state index contributed by atoms with van der Waals surface area (Å²) < 4.78 is 5.66. The predicted octanol–water partition coefficient (Wildman–Crippen LogP) is 1.45. The van der Waals surface area contributed by atoms with Gasteiger partial charge in [-0.15, -0.1) is 0 Å². The minimum Gasteiger partial charge on any atom is -0.475 e. The van der Waals surface area contributed by atoms with Crippen molar-refractivity contribution in [1.82, 2.24) is 20.2 Å². The van der Waals surface area contributed by atoms with E-state index in [0.717, 1.165) is 37.8 Å². The lowest BCUT2D eigenvalue weighted by atomic mass is 10.4. The zero-order valence-corrected chi connectivity index (χ0v) is 11.9. The first-order valence-corrected chi connectivity index (χ1v) is 7.14. The highest BCUT2D eigenvalue weighted by Crippen LogP contribution is 2.24. The van der Waals surface area contributed by atoms with Crippen LogP contribution in [0.5, 0.6) is 5.88 Å². The summed E-state index contributed by atoms with van der Waals surface area (Å²) in [6, 6.07) is 0.777. The van der Waals surface area contributed by atoms with Gasteiger partial charge in [-0.3, -0.25) is 4.98 Å². The van der Waals surface area contributed by atoms with Crippen molar-refractivity contribution in [1.29, 1.82) is 0 Å². The van der Waals surface area contributed by atoms with Crippen molar-refractivity contribution < 1.29 is 4.74 Å². The Hall–Kier alpha value is -1.20. The molecule has 1 aliphatic rings. The largest absolute Gasteiger partial charge is 0.475 e. The molecule has 0 aliphatic heterocycles. The minimum absolute atomic E-state index is 0.625. The van der Waals surface area contributed by atoms with Gasteiger partial charge in [0.2, 0.25) is 5.88 Å². The fourth-order valence-electron chi connectivity index (χ4n) is 1.93. The van der Waals surface area contributed by atoms with Gasteiger partial charge < -0.3 is 15.0 Å². The SMILES string of the molecule is CCCNCc1cncc(OCCN(C)C2CC2)n1. The summed E-state index contributed by atoms with van der Waals surface area (Å²) in [6.45, 7) is 5.52. The average Bonchev–Trinajstić information content (AvgIpc) is 3.24. The molecule has 19 heavy (non-hydrogen) atoms. The van der Waals surface area contributed by atoms with Crippen molar-refractivity contribution in [2.45, 2.75) is 38.8 Å². The van der Waals surface area contributed by atoms with Gasteiger partial charge in [-0.05, 0) is 32.9 Å². The summed E-state index contributed by atoms with van der Waals surface area (Å²) in [5.74, 6) is 0.625. The Balaban J connectivity index is 1.71. The molecular weight excluding hydrogens is 240 g/mol. The van der Waals surface area contributed by atoms with Crippen LogP contribution in [0, 0.1) is 0 Å². The summed E-state index contributed by atoms with van der Waals surface area (Å²) >= 11 is 0. The number of rotatable bonds is 9. The Morgan fingerprint density at radius 3 is 3.00 bits per heavy atom. The Bertz CT molecular complexity index is 381. The molecule has 1 aromatic heterocycles. The Morgan fingerprint density at radius 2 is 2.26 bits per heavy atom. The molecule has 1 aromatic rings. The molecule has 0 aromatic carbocycles. The number of hydrogen-bond donors (Lipinski definition) is 1. The zero-order chi connectivity index (χ0) is 13.5. The monoisotopic (exact) mass is 264 g/mol. The third-order valence-electron chi connectivity index (χ3n) is 3.26. The highest BCUT2D eigenvalue weighted by molar-refractivity contribution is 5.08. The van der Waals surface area contributed by atoms with Crippen LogP contribution in [0.1, 0.15) is 31.9 Å². The maximum atomic E-state index is 5.66. The van der Waals surface area contributed by atoms with Gasteiger partial charge >= 0.3 is 0 Å².